The summed E-state index contributed by atoms with van der Waals surface area (Å²) in [5, 5.41) is 10.9. The van der Waals surface area contributed by atoms with Gasteiger partial charge in [0.15, 0.2) is 11.5 Å². The highest BCUT2D eigenvalue weighted by molar-refractivity contribution is 5.96. The van der Waals surface area contributed by atoms with E-state index in [1.165, 1.54) is 19.2 Å². The number of fused-ring (bicyclic) bond motifs is 2. The molecule has 0 aliphatic rings. The number of methoxy groups -OCH3 is 1. The van der Waals surface area contributed by atoms with Gasteiger partial charge in [0.05, 0.1) is 29.4 Å². The van der Waals surface area contributed by atoms with Crippen LogP contribution in [-0.2, 0) is 6.54 Å². The lowest BCUT2D eigenvalue weighted by atomic mass is 10.0. The van der Waals surface area contributed by atoms with Gasteiger partial charge in [0.2, 0.25) is 0 Å². The summed E-state index contributed by atoms with van der Waals surface area (Å²) in [4.78, 5) is 17.5. The summed E-state index contributed by atoms with van der Waals surface area (Å²) in [6.07, 6.45) is 3.66. The van der Waals surface area contributed by atoms with Gasteiger partial charge in [-0.1, -0.05) is 19.1 Å². The summed E-state index contributed by atoms with van der Waals surface area (Å²) in [6.45, 7) is 3.71. The lowest BCUT2D eigenvalue weighted by Gasteiger charge is -2.06. The Kier molecular flexibility index (Phi) is 5.82. The second-order valence-electron chi connectivity index (χ2n) is 8.69. The number of pyridine rings is 2. The minimum Gasteiger partial charge on any atom is -0.497 e. The van der Waals surface area contributed by atoms with Gasteiger partial charge in [0.1, 0.15) is 17.1 Å². The number of nitrogens with zero attached hydrogens (tertiary/aromatic N) is 4. The molecule has 3 N–H and O–H groups in total. The van der Waals surface area contributed by atoms with Crippen LogP contribution in [0.4, 0.5) is 4.39 Å². The standard InChI is InChI=1S/C28H24FN7O/c1-3-30-13-16-9-18(15-31-14-16)22-7-8-24-26(32-22)27(36-35-24)28-33-23-6-4-5-21(25(23)34-28)17-10-19(29)12-20(11-17)37-2/h4-12,14-15,30H,3,13H2,1-2H3,(H,33,34)(H,35,36). The van der Waals surface area contributed by atoms with Crippen molar-refractivity contribution in [1.82, 2.24) is 35.5 Å². The monoisotopic (exact) mass is 493 g/mol. The molecule has 4 heterocycles. The molecule has 6 aromatic rings. The lowest BCUT2D eigenvalue weighted by Crippen LogP contribution is -2.11. The molecule has 0 unspecified atom stereocenters. The van der Waals surface area contributed by atoms with Crippen molar-refractivity contribution in [3.63, 3.8) is 0 Å². The number of hydrogen-bond acceptors (Lipinski definition) is 6. The fourth-order valence-corrected chi connectivity index (χ4v) is 4.43. The summed E-state index contributed by atoms with van der Waals surface area (Å²) >= 11 is 0. The highest BCUT2D eigenvalue weighted by Crippen LogP contribution is 2.33. The summed E-state index contributed by atoms with van der Waals surface area (Å²) in [5.41, 5.74) is 7.89. The number of benzene rings is 2. The molecule has 0 fully saturated rings. The third kappa shape index (κ3) is 4.30. The molecule has 6 rings (SSSR count). The Hall–Kier alpha value is -4.63. The molecule has 2 aromatic carbocycles. The Morgan fingerprint density at radius 1 is 0.946 bits per heavy atom. The van der Waals surface area contributed by atoms with E-state index in [0.717, 1.165) is 46.5 Å². The zero-order chi connectivity index (χ0) is 25.4. The number of hydrogen-bond donors (Lipinski definition) is 3. The van der Waals surface area contributed by atoms with Crippen molar-refractivity contribution >= 4 is 22.1 Å². The van der Waals surface area contributed by atoms with E-state index in [9.17, 15) is 4.39 Å². The van der Waals surface area contributed by atoms with Gasteiger partial charge in [-0.25, -0.2) is 14.4 Å². The molecule has 184 valence electrons. The van der Waals surface area contributed by atoms with Gasteiger partial charge in [-0.3, -0.25) is 10.1 Å². The van der Waals surface area contributed by atoms with Gasteiger partial charge in [-0.2, -0.15) is 5.10 Å². The predicted octanol–water partition coefficient (Wildman–Crippen LogP) is 5.49. The van der Waals surface area contributed by atoms with Crippen molar-refractivity contribution in [2.45, 2.75) is 13.5 Å². The van der Waals surface area contributed by atoms with Crippen LogP contribution >= 0.6 is 0 Å². The number of imidazole rings is 1. The Balaban J connectivity index is 1.43. The van der Waals surface area contributed by atoms with Crippen LogP contribution in [0.15, 0.2) is 67.0 Å². The van der Waals surface area contributed by atoms with Crippen LogP contribution in [0.25, 0.3) is 56.0 Å². The molecule has 0 spiro atoms. The molecule has 4 aromatic heterocycles. The van der Waals surface area contributed by atoms with Gasteiger partial charge in [-0.05, 0) is 54.1 Å². The number of para-hydroxylation sites is 1. The number of aromatic amines is 2. The number of ether oxygens (including phenoxy) is 1. The minimum absolute atomic E-state index is 0.374. The van der Waals surface area contributed by atoms with Gasteiger partial charge in [0.25, 0.3) is 0 Å². The van der Waals surface area contributed by atoms with E-state index in [0.29, 0.717) is 33.9 Å². The third-order valence-corrected chi connectivity index (χ3v) is 6.23. The topological polar surface area (TPSA) is 104 Å². The Bertz CT molecular complexity index is 1740. The van der Waals surface area contributed by atoms with Crippen LogP contribution in [0, 0.1) is 5.82 Å². The minimum atomic E-state index is -0.374. The summed E-state index contributed by atoms with van der Waals surface area (Å²) in [7, 11) is 1.52. The van der Waals surface area contributed by atoms with Crippen molar-refractivity contribution in [3.05, 3.63) is 78.4 Å². The number of aromatic nitrogens is 6. The van der Waals surface area contributed by atoms with Crippen molar-refractivity contribution in [2.75, 3.05) is 13.7 Å². The maximum absolute atomic E-state index is 14.2. The molecule has 0 aliphatic heterocycles. The van der Waals surface area contributed by atoms with Gasteiger partial charge in [0, 0.05) is 36.1 Å². The average Bonchev–Trinajstić information content (AvgIpc) is 3.55. The molecule has 9 heteroatoms. The first-order valence-electron chi connectivity index (χ1n) is 12.0. The van der Waals surface area contributed by atoms with Crippen LogP contribution < -0.4 is 10.1 Å². The van der Waals surface area contributed by atoms with Crippen molar-refractivity contribution in [3.8, 4) is 39.7 Å². The highest BCUT2D eigenvalue weighted by atomic mass is 19.1. The molecular weight excluding hydrogens is 469 g/mol. The van der Waals surface area contributed by atoms with E-state index >= 15 is 0 Å². The summed E-state index contributed by atoms with van der Waals surface area (Å²) in [6, 6.07) is 16.4. The highest BCUT2D eigenvalue weighted by Gasteiger charge is 2.17. The summed E-state index contributed by atoms with van der Waals surface area (Å²) < 4.78 is 19.5. The SMILES string of the molecule is CCNCc1cncc(-c2ccc3[nH]nc(-c4nc5c(-c6cc(F)cc(OC)c6)cccc5[nH]4)c3n2)c1. The van der Waals surface area contributed by atoms with E-state index in [1.54, 1.807) is 6.07 Å². The molecule has 8 nitrogen and oxygen atoms in total. The van der Waals surface area contributed by atoms with E-state index in [1.807, 2.05) is 42.7 Å². The molecule has 0 radical (unpaired) electrons. The smallest absolute Gasteiger partial charge is 0.161 e. The Morgan fingerprint density at radius 2 is 1.86 bits per heavy atom. The summed E-state index contributed by atoms with van der Waals surface area (Å²) in [5.74, 6) is 0.642. The molecule has 0 saturated carbocycles. The van der Waals surface area contributed by atoms with Gasteiger partial charge in [-0.15, -0.1) is 0 Å². The fourth-order valence-electron chi connectivity index (χ4n) is 4.43. The maximum Gasteiger partial charge on any atom is 0.161 e. The maximum atomic E-state index is 14.2. The van der Waals surface area contributed by atoms with Crippen LogP contribution in [0.1, 0.15) is 12.5 Å². The second-order valence-corrected chi connectivity index (χ2v) is 8.69. The van der Waals surface area contributed by atoms with E-state index in [2.05, 4.69) is 38.5 Å². The average molecular weight is 494 g/mol. The first-order chi connectivity index (χ1) is 18.1. The first kappa shape index (κ1) is 22.8. The second kappa shape index (κ2) is 9.44. The van der Waals surface area contributed by atoms with E-state index in [-0.39, 0.29) is 5.82 Å². The third-order valence-electron chi connectivity index (χ3n) is 6.23. The molecule has 37 heavy (non-hydrogen) atoms. The molecule has 0 saturated heterocycles. The van der Waals surface area contributed by atoms with Gasteiger partial charge >= 0.3 is 0 Å². The Labute approximate surface area is 212 Å². The zero-order valence-corrected chi connectivity index (χ0v) is 20.3. The normalized spacial score (nSPS) is 11.4. The van der Waals surface area contributed by atoms with Crippen LogP contribution in [0.5, 0.6) is 5.75 Å². The van der Waals surface area contributed by atoms with Gasteiger partial charge < -0.3 is 15.0 Å². The van der Waals surface area contributed by atoms with E-state index in [4.69, 9.17) is 14.7 Å². The number of rotatable bonds is 7. The Morgan fingerprint density at radius 3 is 2.73 bits per heavy atom. The molecule has 0 aliphatic carbocycles. The molecule has 0 amide bonds. The van der Waals surface area contributed by atoms with Crippen molar-refractivity contribution < 1.29 is 9.13 Å². The van der Waals surface area contributed by atoms with Crippen LogP contribution in [0.3, 0.4) is 0 Å². The van der Waals surface area contributed by atoms with Crippen molar-refractivity contribution in [1.29, 1.82) is 0 Å². The van der Waals surface area contributed by atoms with Crippen LogP contribution in [-0.4, -0.2) is 43.8 Å². The lowest BCUT2D eigenvalue weighted by molar-refractivity contribution is 0.411. The number of H-pyrrole nitrogens is 2. The molecule has 0 bridgehead atoms. The molecule has 0 atom stereocenters. The van der Waals surface area contributed by atoms with Crippen molar-refractivity contribution in [2.24, 2.45) is 0 Å². The van der Waals surface area contributed by atoms with E-state index < -0.39 is 0 Å². The van der Waals surface area contributed by atoms with Crippen LogP contribution in [0.2, 0.25) is 0 Å². The largest absolute Gasteiger partial charge is 0.497 e. The first-order valence-corrected chi connectivity index (χ1v) is 12.0. The number of halogens is 1. The quantitative estimate of drug-likeness (QED) is 0.272. The fraction of sp³-hybridized carbons (Fsp3) is 0.143. The predicted molar refractivity (Wildman–Crippen MR) is 142 cm³/mol. The number of nitrogens with one attached hydrogen (secondary N) is 3. The molecular formula is C28H24FN7O. The zero-order valence-electron chi connectivity index (χ0n) is 20.3.